The van der Waals surface area contributed by atoms with E-state index in [2.05, 4.69) is 58.5 Å². The van der Waals surface area contributed by atoms with Crippen molar-refractivity contribution >= 4 is 18.1 Å². The van der Waals surface area contributed by atoms with E-state index in [-0.39, 0.29) is 5.54 Å². The standard InChI is InChI=1S/C19H20N4S/c1-14-12-24-18-10-20-13-23(19(14,18)2)11-15-4-6-16(7-5-15)17-8-9-21-22(17)3/h4-10,12-13H,11H2,1-3H3. The summed E-state index contributed by atoms with van der Waals surface area (Å²) >= 11 is 1.78. The van der Waals surface area contributed by atoms with Crippen LogP contribution in [0, 0.1) is 0 Å². The van der Waals surface area contributed by atoms with Crippen LogP contribution < -0.4 is 0 Å². The van der Waals surface area contributed by atoms with Crippen LogP contribution in [0.4, 0.5) is 0 Å². The number of hydrogen-bond donors (Lipinski definition) is 0. The predicted octanol–water partition coefficient (Wildman–Crippen LogP) is 4.18. The molecule has 2 aliphatic rings. The van der Waals surface area contributed by atoms with Crippen LogP contribution in [0.5, 0.6) is 0 Å². The van der Waals surface area contributed by atoms with Crippen LogP contribution in [-0.4, -0.2) is 26.6 Å². The summed E-state index contributed by atoms with van der Waals surface area (Å²) < 4.78 is 1.90. The van der Waals surface area contributed by atoms with E-state index in [1.807, 2.05) is 36.5 Å². The fourth-order valence-corrected chi connectivity index (χ4v) is 4.39. The summed E-state index contributed by atoms with van der Waals surface area (Å²) in [5, 5.41) is 6.47. The van der Waals surface area contributed by atoms with Gasteiger partial charge in [0.15, 0.2) is 0 Å². The molecule has 0 saturated heterocycles. The molecule has 0 saturated carbocycles. The highest BCUT2D eigenvalue weighted by Gasteiger charge is 2.41. The van der Waals surface area contributed by atoms with Crippen molar-refractivity contribution in [1.29, 1.82) is 0 Å². The third-order valence-electron chi connectivity index (χ3n) is 5.01. The zero-order valence-corrected chi connectivity index (χ0v) is 14.9. The van der Waals surface area contributed by atoms with Crippen molar-refractivity contribution in [1.82, 2.24) is 14.7 Å². The lowest BCUT2D eigenvalue weighted by atomic mass is 9.91. The molecule has 1 aromatic heterocycles. The second kappa shape index (κ2) is 5.67. The van der Waals surface area contributed by atoms with E-state index in [4.69, 9.17) is 0 Å². The average molecular weight is 336 g/mol. The molecule has 0 aliphatic carbocycles. The van der Waals surface area contributed by atoms with Gasteiger partial charge in [0, 0.05) is 30.9 Å². The molecule has 0 spiro atoms. The largest absolute Gasteiger partial charge is 0.344 e. The average Bonchev–Trinajstić information content (AvgIpc) is 3.14. The summed E-state index contributed by atoms with van der Waals surface area (Å²) in [7, 11) is 1.97. The Hall–Kier alpha value is -2.27. The zero-order chi connectivity index (χ0) is 16.7. The van der Waals surface area contributed by atoms with Crippen molar-refractivity contribution in [3.63, 3.8) is 0 Å². The predicted molar refractivity (Wildman–Crippen MR) is 101 cm³/mol. The maximum atomic E-state index is 4.42. The molecule has 1 atom stereocenters. The number of rotatable bonds is 3. The molecule has 0 bridgehead atoms. The smallest absolute Gasteiger partial charge is 0.0932 e. The highest BCUT2D eigenvalue weighted by atomic mass is 32.2. The van der Waals surface area contributed by atoms with Crippen molar-refractivity contribution in [3.8, 4) is 11.3 Å². The number of aromatic nitrogens is 2. The van der Waals surface area contributed by atoms with Gasteiger partial charge in [0.25, 0.3) is 0 Å². The van der Waals surface area contributed by atoms with Gasteiger partial charge in [0.2, 0.25) is 0 Å². The summed E-state index contributed by atoms with van der Waals surface area (Å²) in [6.07, 6.45) is 5.77. The Morgan fingerprint density at radius 2 is 1.96 bits per heavy atom. The monoisotopic (exact) mass is 336 g/mol. The van der Waals surface area contributed by atoms with Crippen molar-refractivity contribution in [2.45, 2.75) is 25.9 Å². The molecule has 4 nitrogen and oxygen atoms in total. The summed E-state index contributed by atoms with van der Waals surface area (Å²) in [6.45, 7) is 5.32. The molecule has 0 radical (unpaired) electrons. The van der Waals surface area contributed by atoms with Crippen molar-refractivity contribution in [2.24, 2.45) is 12.0 Å². The topological polar surface area (TPSA) is 33.4 Å². The second-order valence-corrected chi connectivity index (χ2v) is 7.32. The molecule has 0 N–H and O–H groups in total. The molecule has 3 heterocycles. The van der Waals surface area contributed by atoms with Crippen LogP contribution in [0.1, 0.15) is 19.4 Å². The number of fused-ring (bicyclic) bond motifs is 1. The van der Waals surface area contributed by atoms with Gasteiger partial charge in [-0.3, -0.25) is 4.68 Å². The van der Waals surface area contributed by atoms with Crippen molar-refractivity contribution in [3.05, 3.63) is 64.2 Å². The van der Waals surface area contributed by atoms with E-state index in [0.717, 1.165) is 12.2 Å². The zero-order valence-electron chi connectivity index (χ0n) is 14.1. The molecule has 4 rings (SSSR count). The molecule has 0 amide bonds. The maximum absolute atomic E-state index is 4.42. The van der Waals surface area contributed by atoms with Crippen LogP contribution in [0.3, 0.4) is 0 Å². The fourth-order valence-electron chi connectivity index (χ4n) is 3.23. The van der Waals surface area contributed by atoms with Gasteiger partial charge in [0.05, 0.1) is 17.6 Å². The molecule has 2 aliphatic heterocycles. The van der Waals surface area contributed by atoms with Gasteiger partial charge in [0.1, 0.15) is 0 Å². The van der Waals surface area contributed by atoms with Crippen LogP contribution in [0.15, 0.2) is 63.6 Å². The van der Waals surface area contributed by atoms with E-state index in [0.29, 0.717) is 0 Å². The number of thioether (sulfide) groups is 1. The lowest BCUT2D eigenvalue weighted by molar-refractivity contribution is 0.283. The van der Waals surface area contributed by atoms with Gasteiger partial charge >= 0.3 is 0 Å². The van der Waals surface area contributed by atoms with Gasteiger partial charge in [-0.1, -0.05) is 36.0 Å². The third-order valence-corrected chi connectivity index (χ3v) is 6.23. The lowest BCUT2D eigenvalue weighted by Gasteiger charge is -2.41. The van der Waals surface area contributed by atoms with Crippen molar-refractivity contribution < 1.29 is 0 Å². The second-order valence-electron chi connectivity index (χ2n) is 6.41. The first kappa shape index (κ1) is 15.3. The molecule has 122 valence electrons. The number of hydrogen-bond acceptors (Lipinski definition) is 4. The van der Waals surface area contributed by atoms with Gasteiger partial charge < -0.3 is 4.90 Å². The van der Waals surface area contributed by atoms with E-state index < -0.39 is 0 Å². The summed E-state index contributed by atoms with van der Waals surface area (Å²) in [5.41, 5.74) is 4.90. The normalized spacial score (nSPS) is 22.4. The first-order valence-corrected chi connectivity index (χ1v) is 8.89. The number of aryl methyl sites for hydroxylation is 1. The fraction of sp³-hybridized carbons (Fsp3) is 0.263. The Bertz CT molecular complexity index is 860. The Balaban J connectivity index is 1.58. The van der Waals surface area contributed by atoms with Crippen LogP contribution in [-0.2, 0) is 13.6 Å². The molecule has 1 aromatic carbocycles. The van der Waals surface area contributed by atoms with Crippen LogP contribution >= 0.6 is 11.8 Å². The SMILES string of the molecule is CC1=CSC2=CN=CN(Cc3ccc(-c4ccnn4C)cc3)C12C. The van der Waals surface area contributed by atoms with E-state index >= 15 is 0 Å². The van der Waals surface area contributed by atoms with E-state index in [1.54, 1.807) is 11.8 Å². The summed E-state index contributed by atoms with van der Waals surface area (Å²) in [5.74, 6) is 0. The summed E-state index contributed by atoms with van der Waals surface area (Å²) in [6, 6.07) is 10.8. The van der Waals surface area contributed by atoms with Gasteiger partial charge in [-0.2, -0.15) is 5.10 Å². The Morgan fingerprint density at radius 3 is 2.67 bits per heavy atom. The minimum Gasteiger partial charge on any atom is -0.344 e. The Kier molecular flexibility index (Phi) is 3.61. The highest BCUT2D eigenvalue weighted by molar-refractivity contribution is 8.06. The molecule has 24 heavy (non-hydrogen) atoms. The summed E-state index contributed by atoms with van der Waals surface area (Å²) in [4.78, 5) is 8.05. The van der Waals surface area contributed by atoms with Crippen LogP contribution in [0.25, 0.3) is 11.3 Å². The molecule has 5 heteroatoms. The van der Waals surface area contributed by atoms with Gasteiger partial charge in [-0.25, -0.2) is 4.99 Å². The van der Waals surface area contributed by atoms with Crippen molar-refractivity contribution in [2.75, 3.05) is 0 Å². The first-order chi connectivity index (χ1) is 11.6. The minimum atomic E-state index is -0.0624. The molecular weight excluding hydrogens is 316 g/mol. The van der Waals surface area contributed by atoms with E-state index in [9.17, 15) is 0 Å². The highest BCUT2D eigenvalue weighted by Crippen LogP contribution is 2.47. The number of benzene rings is 1. The molecule has 1 unspecified atom stereocenters. The molecular formula is C19H20N4S. The molecule has 2 aromatic rings. The lowest BCUT2D eigenvalue weighted by Crippen LogP contribution is -2.46. The third kappa shape index (κ3) is 2.31. The Labute approximate surface area is 146 Å². The molecule has 0 fully saturated rings. The maximum Gasteiger partial charge on any atom is 0.0932 e. The van der Waals surface area contributed by atoms with E-state index in [1.165, 1.54) is 21.6 Å². The van der Waals surface area contributed by atoms with Gasteiger partial charge in [-0.05, 0) is 42.0 Å². The Morgan fingerprint density at radius 1 is 1.17 bits per heavy atom. The first-order valence-electron chi connectivity index (χ1n) is 8.01. The number of nitrogens with zero attached hydrogens (tertiary/aromatic N) is 4. The number of aliphatic imine (C=N–C) groups is 1. The minimum absolute atomic E-state index is 0.0624. The van der Waals surface area contributed by atoms with Gasteiger partial charge in [-0.15, -0.1) is 0 Å². The van der Waals surface area contributed by atoms with Crippen LogP contribution in [0.2, 0.25) is 0 Å². The quantitative estimate of drug-likeness (QED) is 0.843.